The predicted octanol–water partition coefficient (Wildman–Crippen LogP) is 3.39. The van der Waals surface area contributed by atoms with Crippen LogP contribution in [-0.2, 0) is 4.79 Å². The molecular formula is C15H20Cl2N2O. The quantitative estimate of drug-likeness (QED) is 0.919. The Balaban J connectivity index is 0.00000180. The minimum Gasteiger partial charge on any atom is -0.368 e. The van der Waals surface area contributed by atoms with Crippen molar-refractivity contribution in [2.45, 2.75) is 13.3 Å². The van der Waals surface area contributed by atoms with Gasteiger partial charge in [-0.05, 0) is 29.3 Å². The molecule has 110 valence electrons. The van der Waals surface area contributed by atoms with E-state index in [0.29, 0.717) is 0 Å². The molecule has 3 nitrogen and oxygen atoms in total. The highest BCUT2D eigenvalue weighted by Gasteiger charge is 2.08. The molecule has 0 aromatic heterocycles. The molecule has 2 rings (SSSR count). The summed E-state index contributed by atoms with van der Waals surface area (Å²) in [5.74, 6) is -0.295. The third kappa shape index (κ3) is 4.58. The van der Waals surface area contributed by atoms with Crippen LogP contribution in [-0.4, -0.2) is 19.0 Å². The smallest absolute Gasteiger partial charge is 0.236 e. The molecular weight excluding hydrogens is 295 g/mol. The van der Waals surface area contributed by atoms with Gasteiger partial charge in [0.15, 0.2) is 0 Å². The van der Waals surface area contributed by atoms with Crippen LogP contribution in [0, 0.1) is 0 Å². The number of fused-ring (bicyclic) bond motifs is 1. The second kappa shape index (κ2) is 8.67. The third-order valence-corrected chi connectivity index (χ3v) is 2.94. The van der Waals surface area contributed by atoms with Crippen LogP contribution < -0.4 is 10.6 Å². The van der Waals surface area contributed by atoms with Gasteiger partial charge in [-0.1, -0.05) is 37.3 Å². The van der Waals surface area contributed by atoms with Gasteiger partial charge in [0.05, 0.1) is 6.54 Å². The van der Waals surface area contributed by atoms with Crippen molar-refractivity contribution in [2.75, 3.05) is 18.0 Å². The van der Waals surface area contributed by atoms with Gasteiger partial charge >= 0.3 is 0 Å². The van der Waals surface area contributed by atoms with Gasteiger partial charge in [-0.15, -0.1) is 24.8 Å². The first-order valence-corrected chi connectivity index (χ1v) is 6.22. The highest BCUT2D eigenvalue weighted by molar-refractivity contribution is 5.87. The molecule has 0 aliphatic rings. The van der Waals surface area contributed by atoms with Gasteiger partial charge in [0.1, 0.15) is 0 Å². The summed E-state index contributed by atoms with van der Waals surface area (Å²) < 4.78 is 0. The Kier molecular flexibility index (Phi) is 8.04. The van der Waals surface area contributed by atoms with Crippen LogP contribution in [0.1, 0.15) is 13.3 Å². The van der Waals surface area contributed by atoms with Crippen molar-refractivity contribution < 1.29 is 4.79 Å². The molecule has 0 heterocycles. The average Bonchev–Trinajstić information content (AvgIpc) is 2.37. The van der Waals surface area contributed by atoms with E-state index in [1.54, 1.807) is 0 Å². The number of nitrogens with zero attached hydrogens (tertiary/aromatic N) is 1. The number of benzene rings is 2. The molecule has 2 aromatic rings. The Morgan fingerprint density at radius 3 is 2.35 bits per heavy atom. The van der Waals surface area contributed by atoms with Crippen molar-refractivity contribution >= 4 is 47.2 Å². The van der Waals surface area contributed by atoms with Gasteiger partial charge in [0.25, 0.3) is 0 Å². The number of primary amides is 1. The molecule has 0 atom stereocenters. The Labute approximate surface area is 132 Å². The maximum absolute atomic E-state index is 11.1. The van der Waals surface area contributed by atoms with E-state index in [2.05, 4.69) is 31.2 Å². The van der Waals surface area contributed by atoms with E-state index in [4.69, 9.17) is 5.73 Å². The van der Waals surface area contributed by atoms with Gasteiger partial charge < -0.3 is 10.6 Å². The maximum Gasteiger partial charge on any atom is 0.236 e. The zero-order valence-corrected chi connectivity index (χ0v) is 13.0. The van der Waals surface area contributed by atoms with Crippen LogP contribution >= 0.6 is 24.8 Å². The molecule has 2 N–H and O–H groups in total. The first-order chi connectivity index (χ1) is 8.70. The minimum atomic E-state index is -0.295. The maximum atomic E-state index is 11.1. The Bertz CT molecular complexity index is 560. The molecule has 0 saturated carbocycles. The first-order valence-electron chi connectivity index (χ1n) is 6.22. The monoisotopic (exact) mass is 314 g/mol. The lowest BCUT2D eigenvalue weighted by Gasteiger charge is -2.23. The van der Waals surface area contributed by atoms with Crippen molar-refractivity contribution in [2.24, 2.45) is 5.73 Å². The van der Waals surface area contributed by atoms with Crippen molar-refractivity contribution in [1.82, 2.24) is 0 Å². The number of halogens is 2. The fraction of sp³-hybridized carbons (Fsp3) is 0.267. The summed E-state index contributed by atoms with van der Waals surface area (Å²) in [6, 6.07) is 14.4. The number of rotatable bonds is 5. The summed E-state index contributed by atoms with van der Waals surface area (Å²) in [6.45, 7) is 3.20. The molecule has 0 radical (unpaired) electrons. The number of amides is 1. The SMILES string of the molecule is CCCN(CC(N)=O)c1ccc2ccccc2c1.Cl.Cl. The van der Waals surface area contributed by atoms with E-state index in [0.717, 1.165) is 18.7 Å². The molecule has 0 saturated heterocycles. The molecule has 0 spiro atoms. The fourth-order valence-corrected chi connectivity index (χ4v) is 2.13. The van der Waals surface area contributed by atoms with E-state index >= 15 is 0 Å². The molecule has 0 aliphatic carbocycles. The third-order valence-electron chi connectivity index (χ3n) is 2.94. The van der Waals surface area contributed by atoms with Crippen LogP contribution in [0.4, 0.5) is 5.69 Å². The van der Waals surface area contributed by atoms with Crippen molar-refractivity contribution in [3.8, 4) is 0 Å². The van der Waals surface area contributed by atoms with Crippen LogP contribution in [0.5, 0.6) is 0 Å². The predicted molar refractivity (Wildman–Crippen MR) is 90.1 cm³/mol. The highest BCUT2D eigenvalue weighted by Crippen LogP contribution is 2.22. The number of hydrogen-bond donors (Lipinski definition) is 1. The summed E-state index contributed by atoms with van der Waals surface area (Å²) in [5.41, 5.74) is 6.34. The zero-order valence-electron chi connectivity index (χ0n) is 11.4. The van der Waals surface area contributed by atoms with Crippen LogP contribution in [0.25, 0.3) is 10.8 Å². The van der Waals surface area contributed by atoms with Gasteiger partial charge in [0.2, 0.25) is 5.91 Å². The second-order valence-electron chi connectivity index (χ2n) is 4.42. The zero-order chi connectivity index (χ0) is 13.0. The summed E-state index contributed by atoms with van der Waals surface area (Å²) >= 11 is 0. The lowest BCUT2D eigenvalue weighted by atomic mass is 10.1. The van der Waals surface area contributed by atoms with Gasteiger partial charge in [-0.2, -0.15) is 0 Å². The number of anilines is 1. The number of hydrogen-bond acceptors (Lipinski definition) is 2. The number of carbonyl (C=O) groups excluding carboxylic acids is 1. The Morgan fingerprint density at radius 1 is 1.10 bits per heavy atom. The molecule has 0 bridgehead atoms. The number of nitrogens with two attached hydrogens (primary N) is 1. The van der Waals surface area contributed by atoms with E-state index < -0.39 is 0 Å². The highest BCUT2D eigenvalue weighted by atomic mass is 35.5. The summed E-state index contributed by atoms with van der Waals surface area (Å²) in [4.78, 5) is 13.1. The van der Waals surface area contributed by atoms with Gasteiger partial charge in [-0.3, -0.25) is 4.79 Å². The molecule has 0 unspecified atom stereocenters. The largest absolute Gasteiger partial charge is 0.368 e. The lowest BCUT2D eigenvalue weighted by molar-refractivity contribution is -0.116. The summed E-state index contributed by atoms with van der Waals surface area (Å²) in [5, 5.41) is 2.39. The van der Waals surface area contributed by atoms with Crippen molar-refractivity contribution in [1.29, 1.82) is 0 Å². The first kappa shape index (κ1) is 18.6. The minimum absolute atomic E-state index is 0. The average molecular weight is 315 g/mol. The normalized spacial score (nSPS) is 9.45. The molecule has 2 aromatic carbocycles. The molecule has 0 fully saturated rings. The van der Waals surface area contributed by atoms with Crippen LogP contribution in [0.2, 0.25) is 0 Å². The number of carbonyl (C=O) groups is 1. The van der Waals surface area contributed by atoms with Gasteiger partial charge in [0, 0.05) is 12.2 Å². The van der Waals surface area contributed by atoms with E-state index in [-0.39, 0.29) is 37.3 Å². The van der Waals surface area contributed by atoms with E-state index in [1.165, 1.54) is 10.8 Å². The van der Waals surface area contributed by atoms with Gasteiger partial charge in [-0.25, -0.2) is 0 Å². The van der Waals surface area contributed by atoms with Crippen molar-refractivity contribution in [3.05, 3.63) is 42.5 Å². The molecule has 1 amide bonds. The van der Waals surface area contributed by atoms with Crippen molar-refractivity contribution in [3.63, 3.8) is 0 Å². The fourth-order valence-electron chi connectivity index (χ4n) is 2.13. The summed E-state index contributed by atoms with van der Waals surface area (Å²) in [7, 11) is 0. The molecule has 0 aliphatic heterocycles. The lowest BCUT2D eigenvalue weighted by Crippen LogP contribution is -2.34. The standard InChI is InChI=1S/C15H18N2O.2ClH/c1-2-9-17(11-15(16)18)14-8-7-12-5-3-4-6-13(12)10-14;;/h3-8,10H,2,9,11H2,1H3,(H2,16,18);2*1H. The Hall–Kier alpha value is -1.45. The topological polar surface area (TPSA) is 46.3 Å². The molecule has 5 heteroatoms. The summed E-state index contributed by atoms with van der Waals surface area (Å²) in [6.07, 6.45) is 0.986. The van der Waals surface area contributed by atoms with E-state index in [1.807, 2.05) is 23.1 Å². The van der Waals surface area contributed by atoms with Crippen LogP contribution in [0.3, 0.4) is 0 Å². The molecule has 20 heavy (non-hydrogen) atoms. The Morgan fingerprint density at radius 2 is 1.75 bits per heavy atom. The van der Waals surface area contributed by atoms with E-state index in [9.17, 15) is 4.79 Å². The van der Waals surface area contributed by atoms with Crippen LogP contribution in [0.15, 0.2) is 42.5 Å². The second-order valence-corrected chi connectivity index (χ2v) is 4.42.